The highest BCUT2D eigenvalue weighted by Gasteiger charge is 2.21. The van der Waals surface area contributed by atoms with Gasteiger partial charge in [0.2, 0.25) is 5.91 Å². The Kier molecular flexibility index (Phi) is 5.18. The number of likely N-dealkylation sites (tertiary alicyclic amines) is 1. The lowest BCUT2D eigenvalue weighted by Crippen LogP contribution is -2.39. The van der Waals surface area contributed by atoms with E-state index in [2.05, 4.69) is 32.0 Å². The van der Waals surface area contributed by atoms with Gasteiger partial charge in [-0.2, -0.15) is 0 Å². The molecule has 0 aromatic heterocycles. The topological polar surface area (TPSA) is 40.5 Å². The molecule has 1 fully saturated rings. The van der Waals surface area contributed by atoms with Crippen LogP contribution >= 0.6 is 0 Å². The molecule has 0 saturated carbocycles. The van der Waals surface area contributed by atoms with E-state index in [9.17, 15) is 4.79 Å². The van der Waals surface area contributed by atoms with Crippen LogP contribution in [0.2, 0.25) is 0 Å². The monoisotopic (exact) mass is 275 g/mol. The fourth-order valence-electron chi connectivity index (χ4n) is 2.89. The summed E-state index contributed by atoms with van der Waals surface area (Å²) in [5.74, 6) is 0.639. The van der Waals surface area contributed by atoms with Crippen LogP contribution in [0.15, 0.2) is 18.2 Å². The van der Waals surface area contributed by atoms with Gasteiger partial charge in [0.05, 0.1) is 0 Å². The van der Waals surface area contributed by atoms with E-state index in [-0.39, 0.29) is 12.5 Å². The predicted octanol–water partition coefficient (Wildman–Crippen LogP) is 2.47. The molecule has 1 aromatic carbocycles. The van der Waals surface area contributed by atoms with Crippen molar-refractivity contribution in [2.75, 3.05) is 19.7 Å². The van der Waals surface area contributed by atoms with Gasteiger partial charge < -0.3 is 10.0 Å². The van der Waals surface area contributed by atoms with Crippen molar-refractivity contribution in [3.8, 4) is 0 Å². The Hall–Kier alpha value is -1.35. The van der Waals surface area contributed by atoms with Gasteiger partial charge in [-0.25, -0.2) is 0 Å². The second-order valence-electron chi connectivity index (χ2n) is 5.94. The first-order valence-electron chi connectivity index (χ1n) is 7.55. The predicted molar refractivity (Wildman–Crippen MR) is 80.6 cm³/mol. The molecule has 0 spiro atoms. The molecule has 20 heavy (non-hydrogen) atoms. The number of aliphatic hydroxyl groups is 1. The van der Waals surface area contributed by atoms with Crippen LogP contribution < -0.4 is 0 Å². The molecule has 1 aliphatic rings. The molecule has 2 rings (SSSR count). The third kappa shape index (κ3) is 3.83. The Morgan fingerprint density at radius 1 is 1.30 bits per heavy atom. The molecule has 0 bridgehead atoms. The number of aryl methyl sites for hydroxylation is 3. The second kappa shape index (κ2) is 6.89. The molecule has 1 N–H and O–H groups in total. The fourth-order valence-corrected chi connectivity index (χ4v) is 2.89. The normalized spacial score (nSPS) is 16.4. The molecule has 3 nitrogen and oxygen atoms in total. The lowest BCUT2D eigenvalue weighted by atomic mass is 9.97. The smallest absolute Gasteiger partial charge is 0.222 e. The number of carbonyl (C=O) groups excluding carboxylic acids is 1. The van der Waals surface area contributed by atoms with Crippen molar-refractivity contribution in [2.45, 2.75) is 39.5 Å². The van der Waals surface area contributed by atoms with Gasteiger partial charge in [-0.1, -0.05) is 23.8 Å². The molecule has 1 heterocycles. The van der Waals surface area contributed by atoms with Gasteiger partial charge in [0.1, 0.15) is 0 Å². The Bertz CT molecular complexity index is 462. The Balaban J connectivity index is 1.83. The first-order valence-corrected chi connectivity index (χ1v) is 7.55. The van der Waals surface area contributed by atoms with Crippen LogP contribution in [0, 0.1) is 19.8 Å². The van der Waals surface area contributed by atoms with Crippen LogP contribution in [0.25, 0.3) is 0 Å². The van der Waals surface area contributed by atoms with E-state index in [1.54, 1.807) is 0 Å². The number of benzene rings is 1. The van der Waals surface area contributed by atoms with Crippen LogP contribution in [0.1, 0.15) is 36.0 Å². The molecular weight excluding hydrogens is 250 g/mol. The summed E-state index contributed by atoms with van der Waals surface area (Å²) in [6.45, 7) is 6.06. The average molecular weight is 275 g/mol. The summed E-state index contributed by atoms with van der Waals surface area (Å²) in [5.41, 5.74) is 3.81. The molecule has 3 heteroatoms. The number of nitrogens with zero attached hydrogens (tertiary/aromatic N) is 1. The van der Waals surface area contributed by atoms with Crippen LogP contribution in [0.4, 0.5) is 0 Å². The number of piperidine rings is 1. The van der Waals surface area contributed by atoms with E-state index in [0.29, 0.717) is 12.3 Å². The highest BCUT2D eigenvalue weighted by molar-refractivity contribution is 5.76. The zero-order valence-corrected chi connectivity index (χ0v) is 12.6. The van der Waals surface area contributed by atoms with Crippen LogP contribution in [0.3, 0.4) is 0 Å². The van der Waals surface area contributed by atoms with Crippen molar-refractivity contribution < 1.29 is 9.90 Å². The first-order chi connectivity index (χ1) is 9.60. The molecule has 0 radical (unpaired) electrons. The minimum atomic E-state index is 0.251. The summed E-state index contributed by atoms with van der Waals surface area (Å²) in [6.07, 6.45) is 3.29. The standard InChI is InChI=1S/C17H25NO2/c1-13-3-4-16(14(2)11-13)5-6-17(20)18-9-7-15(12-19)8-10-18/h3-4,11,15,19H,5-10,12H2,1-2H3. The van der Waals surface area contributed by atoms with Gasteiger partial charge >= 0.3 is 0 Å². The molecule has 0 atom stereocenters. The van der Waals surface area contributed by atoms with E-state index in [1.165, 1.54) is 16.7 Å². The third-order valence-electron chi connectivity index (χ3n) is 4.33. The van der Waals surface area contributed by atoms with Crippen molar-refractivity contribution in [2.24, 2.45) is 5.92 Å². The fraction of sp³-hybridized carbons (Fsp3) is 0.588. The van der Waals surface area contributed by atoms with Crippen molar-refractivity contribution in [1.29, 1.82) is 0 Å². The first kappa shape index (κ1) is 15.0. The lowest BCUT2D eigenvalue weighted by molar-refractivity contribution is -0.132. The lowest BCUT2D eigenvalue weighted by Gasteiger charge is -2.31. The minimum absolute atomic E-state index is 0.251. The summed E-state index contributed by atoms with van der Waals surface area (Å²) in [6, 6.07) is 6.42. The number of rotatable bonds is 4. The van der Waals surface area contributed by atoms with Gasteiger partial charge in [-0.15, -0.1) is 0 Å². The minimum Gasteiger partial charge on any atom is -0.396 e. The SMILES string of the molecule is Cc1ccc(CCC(=O)N2CCC(CO)CC2)c(C)c1. The van der Waals surface area contributed by atoms with Crippen LogP contribution in [-0.2, 0) is 11.2 Å². The maximum absolute atomic E-state index is 12.2. The summed E-state index contributed by atoms with van der Waals surface area (Å²) in [7, 11) is 0. The quantitative estimate of drug-likeness (QED) is 0.917. The van der Waals surface area contributed by atoms with E-state index in [1.807, 2.05) is 4.90 Å². The second-order valence-corrected chi connectivity index (χ2v) is 5.94. The van der Waals surface area contributed by atoms with E-state index in [4.69, 9.17) is 5.11 Å². The molecule has 0 aliphatic carbocycles. The summed E-state index contributed by atoms with van der Waals surface area (Å²) >= 11 is 0. The van der Waals surface area contributed by atoms with Crippen LogP contribution in [-0.4, -0.2) is 35.6 Å². The average Bonchev–Trinajstić information content (AvgIpc) is 2.46. The maximum atomic E-state index is 12.2. The molecular formula is C17H25NO2. The third-order valence-corrected chi connectivity index (χ3v) is 4.33. The molecule has 0 unspecified atom stereocenters. The molecule has 1 aromatic rings. The highest BCUT2D eigenvalue weighted by atomic mass is 16.3. The molecule has 1 aliphatic heterocycles. The Labute approximate surface area is 121 Å². The highest BCUT2D eigenvalue weighted by Crippen LogP contribution is 2.18. The molecule has 1 saturated heterocycles. The van der Waals surface area contributed by atoms with Gasteiger partial charge in [-0.3, -0.25) is 4.79 Å². The van der Waals surface area contributed by atoms with Gasteiger partial charge in [0.25, 0.3) is 0 Å². The summed E-state index contributed by atoms with van der Waals surface area (Å²) in [5, 5.41) is 9.12. The van der Waals surface area contributed by atoms with Crippen molar-refractivity contribution >= 4 is 5.91 Å². The van der Waals surface area contributed by atoms with E-state index < -0.39 is 0 Å². The van der Waals surface area contributed by atoms with Crippen molar-refractivity contribution in [3.63, 3.8) is 0 Å². The number of aliphatic hydroxyl groups excluding tert-OH is 1. The largest absolute Gasteiger partial charge is 0.396 e. The van der Waals surface area contributed by atoms with Crippen molar-refractivity contribution in [1.82, 2.24) is 4.90 Å². The number of hydrogen-bond acceptors (Lipinski definition) is 2. The summed E-state index contributed by atoms with van der Waals surface area (Å²) < 4.78 is 0. The Morgan fingerprint density at radius 3 is 2.60 bits per heavy atom. The zero-order chi connectivity index (χ0) is 14.5. The van der Waals surface area contributed by atoms with E-state index >= 15 is 0 Å². The van der Waals surface area contributed by atoms with Crippen LogP contribution in [0.5, 0.6) is 0 Å². The van der Waals surface area contributed by atoms with Crippen molar-refractivity contribution in [3.05, 3.63) is 34.9 Å². The maximum Gasteiger partial charge on any atom is 0.222 e. The Morgan fingerprint density at radius 2 is 2.00 bits per heavy atom. The van der Waals surface area contributed by atoms with Gasteiger partial charge in [-0.05, 0) is 50.2 Å². The molecule has 110 valence electrons. The number of carbonyl (C=O) groups is 1. The zero-order valence-electron chi connectivity index (χ0n) is 12.6. The van der Waals surface area contributed by atoms with E-state index in [0.717, 1.165) is 32.4 Å². The number of amides is 1. The van der Waals surface area contributed by atoms with Gasteiger partial charge in [0, 0.05) is 26.1 Å². The molecule has 1 amide bonds. The summed E-state index contributed by atoms with van der Waals surface area (Å²) in [4.78, 5) is 14.2. The van der Waals surface area contributed by atoms with Gasteiger partial charge in [0.15, 0.2) is 0 Å². The number of hydrogen-bond donors (Lipinski definition) is 1.